The van der Waals surface area contributed by atoms with Crippen molar-refractivity contribution in [2.24, 2.45) is 0 Å². The molecule has 0 spiro atoms. The minimum absolute atomic E-state index is 0.137. The molecule has 0 aromatic heterocycles. The normalized spacial score (nSPS) is 10.8. The first-order valence-electron chi connectivity index (χ1n) is 8.78. The van der Waals surface area contributed by atoms with Gasteiger partial charge in [0.25, 0.3) is 0 Å². The number of benzene rings is 2. The van der Waals surface area contributed by atoms with Crippen molar-refractivity contribution in [1.29, 1.82) is 0 Å². The molecule has 0 bridgehead atoms. The van der Waals surface area contributed by atoms with E-state index in [9.17, 15) is 4.39 Å². The molecule has 0 aliphatic carbocycles. The van der Waals surface area contributed by atoms with Crippen molar-refractivity contribution in [2.45, 2.75) is 32.9 Å². The first-order chi connectivity index (χ1) is 12.7. The van der Waals surface area contributed by atoms with E-state index in [-0.39, 0.29) is 19.0 Å². The van der Waals surface area contributed by atoms with Crippen molar-refractivity contribution in [2.75, 3.05) is 19.8 Å². The number of aliphatic hydroxyl groups is 1. The Balaban J connectivity index is 2.06. The summed E-state index contributed by atoms with van der Waals surface area (Å²) in [4.78, 5) is 0. The molecule has 6 heteroatoms. The Morgan fingerprint density at radius 2 is 1.85 bits per heavy atom. The predicted molar refractivity (Wildman–Crippen MR) is 104 cm³/mol. The number of aliphatic hydroxyl groups excluding tert-OH is 1. The molecule has 0 unspecified atom stereocenters. The molecule has 0 aliphatic rings. The molecule has 0 aliphatic heterocycles. The third kappa shape index (κ3) is 6.27. The number of halogens is 2. The molecule has 0 radical (unpaired) electrons. The summed E-state index contributed by atoms with van der Waals surface area (Å²) in [5.74, 6) is 0.929. The topological polar surface area (TPSA) is 50.7 Å². The largest absolute Gasteiger partial charge is 0.490 e. The van der Waals surface area contributed by atoms with Gasteiger partial charge in [-0.05, 0) is 50.1 Å². The predicted octanol–water partition coefficient (Wildman–Crippen LogP) is 4.43. The Labute approximate surface area is 162 Å². The van der Waals surface area contributed by atoms with Gasteiger partial charge in [-0.15, -0.1) is 0 Å². The van der Waals surface area contributed by atoms with Crippen molar-refractivity contribution >= 4 is 15.9 Å². The van der Waals surface area contributed by atoms with Gasteiger partial charge in [0.15, 0.2) is 11.5 Å². The van der Waals surface area contributed by atoms with Crippen molar-refractivity contribution < 1.29 is 19.0 Å². The highest BCUT2D eigenvalue weighted by Crippen LogP contribution is 2.34. The van der Waals surface area contributed by atoms with E-state index >= 15 is 0 Å². The summed E-state index contributed by atoms with van der Waals surface area (Å²) in [6.45, 7) is 4.30. The summed E-state index contributed by atoms with van der Waals surface area (Å²) < 4.78 is 26.2. The van der Waals surface area contributed by atoms with Crippen molar-refractivity contribution in [1.82, 2.24) is 5.32 Å². The lowest BCUT2D eigenvalue weighted by molar-refractivity contribution is 0.265. The molecule has 0 amide bonds. The molecule has 0 atom stereocenters. The minimum Gasteiger partial charge on any atom is -0.490 e. The van der Waals surface area contributed by atoms with Gasteiger partial charge in [-0.1, -0.05) is 34.1 Å². The molecule has 2 N–H and O–H groups in total. The zero-order chi connectivity index (χ0) is 18.8. The highest BCUT2D eigenvalue weighted by atomic mass is 79.9. The Morgan fingerprint density at radius 1 is 1.08 bits per heavy atom. The molecular weight excluding hydrogens is 401 g/mol. The molecule has 0 heterocycles. The quantitative estimate of drug-likeness (QED) is 0.522. The van der Waals surface area contributed by atoms with E-state index in [1.54, 1.807) is 18.2 Å². The minimum atomic E-state index is -0.284. The summed E-state index contributed by atoms with van der Waals surface area (Å²) in [6, 6.07) is 10.4. The zero-order valence-electron chi connectivity index (χ0n) is 14.9. The van der Waals surface area contributed by atoms with E-state index < -0.39 is 0 Å². The summed E-state index contributed by atoms with van der Waals surface area (Å²) in [5.41, 5.74) is 1.55. The highest BCUT2D eigenvalue weighted by Gasteiger charge is 2.12. The maximum atomic E-state index is 13.8. The van der Waals surface area contributed by atoms with E-state index in [0.29, 0.717) is 30.2 Å². The second-order valence-corrected chi connectivity index (χ2v) is 6.67. The van der Waals surface area contributed by atoms with Crippen LogP contribution in [0.25, 0.3) is 0 Å². The van der Waals surface area contributed by atoms with E-state index in [0.717, 1.165) is 29.4 Å². The van der Waals surface area contributed by atoms with Gasteiger partial charge in [0.2, 0.25) is 0 Å². The van der Waals surface area contributed by atoms with Crippen LogP contribution in [0.5, 0.6) is 11.5 Å². The number of unbranched alkanes of at least 4 members (excludes halogenated alkanes) is 1. The van der Waals surface area contributed by atoms with E-state index in [1.807, 2.05) is 19.1 Å². The van der Waals surface area contributed by atoms with Crippen LogP contribution < -0.4 is 14.8 Å². The molecule has 142 valence electrons. The Hall–Kier alpha value is -1.63. The Kier molecular flexibility index (Phi) is 8.88. The molecule has 2 rings (SSSR count). The van der Waals surface area contributed by atoms with Gasteiger partial charge >= 0.3 is 0 Å². The number of hydrogen-bond donors (Lipinski definition) is 2. The molecular formula is C20H25BrFNO3. The fourth-order valence-corrected chi connectivity index (χ4v) is 2.91. The van der Waals surface area contributed by atoms with Gasteiger partial charge in [0.1, 0.15) is 12.4 Å². The van der Waals surface area contributed by atoms with Gasteiger partial charge in [0, 0.05) is 23.2 Å². The lowest BCUT2D eigenvalue weighted by Gasteiger charge is -2.16. The molecule has 0 fully saturated rings. The third-order valence-corrected chi connectivity index (χ3v) is 4.57. The van der Waals surface area contributed by atoms with Crippen LogP contribution in [-0.4, -0.2) is 24.9 Å². The lowest BCUT2D eigenvalue weighted by Crippen LogP contribution is -2.15. The number of hydrogen-bond acceptors (Lipinski definition) is 4. The molecule has 26 heavy (non-hydrogen) atoms. The fraction of sp³-hybridized carbons (Fsp3) is 0.400. The van der Waals surface area contributed by atoms with Gasteiger partial charge < -0.3 is 19.9 Å². The van der Waals surface area contributed by atoms with Crippen LogP contribution in [0.2, 0.25) is 0 Å². The number of ether oxygens (including phenoxy) is 2. The van der Waals surface area contributed by atoms with E-state index in [1.165, 1.54) is 6.07 Å². The van der Waals surface area contributed by atoms with Gasteiger partial charge in [-0.3, -0.25) is 0 Å². The number of rotatable bonds is 11. The van der Waals surface area contributed by atoms with Crippen LogP contribution >= 0.6 is 15.9 Å². The molecule has 0 saturated heterocycles. The fourth-order valence-electron chi connectivity index (χ4n) is 2.45. The zero-order valence-corrected chi connectivity index (χ0v) is 16.5. The SMILES string of the molecule is CCOc1cc(CNCCCCO)c(Br)cc1OCc1ccccc1F. The summed E-state index contributed by atoms with van der Waals surface area (Å²) in [5, 5.41) is 12.2. The van der Waals surface area contributed by atoms with Gasteiger partial charge in [-0.25, -0.2) is 4.39 Å². The molecule has 2 aromatic carbocycles. The molecule has 2 aromatic rings. The van der Waals surface area contributed by atoms with Crippen LogP contribution in [0, 0.1) is 5.82 Å². The first-order valence-corrected chi connectivity index (χ1v) is 9.58. The average molecular weight is 426 g/mol. The first kappa shape index (κ1) is 20.7. The summed E-state index contributed by atoms with van der Waals surface area (Å²) in [7, 11) is 0. The van der Waals surface area contributed by atoms with Gasteiger partial charge in [-0.2, -0.15) is 0 Å². The monoisotopic (exact) mass is 425 g/mol. The standard InChI is InChI=1S/C20H25BrFNO3/c1-2-25-19-11-16(13-23-9-5-6-10-24)17(21)12-20(19)26-14-15-7-3-4-8-18(15)22/h3-4,7-8,11-12,23-24H,2,5-6,9-10,13-14H2,1H3. The summed E-state index contributed by atoms with van der Waals surface area (Å²) >= 11 is 3.57. The molecule has 0 saturated carbocycles. The van der Waals surface area contributed by atoms with Crippen LogP contribution in [-0.2, 0) is 13.2 Å². The average Bonchev–Trinajstić information content (AvgIpc) is 2.63. The third-order valence-electron chi connectivity index (χ3n) is 3.83. The van der Waals surface area contributed by atoms with Crippen LogP contribution in [0.4, 0.5) is 4.39 Å². The number of nitrogens with one attached hydrogen (secondary N) is 1. The second kappa shape index (κ2) is 11.2. The maximum absolute atomic E-state index is 13.8. The van der Waals surface area contributed by atoms with Crippen LogP contribution in [0.15, 0.2) is 40.9 Å². The highest BCUT2D eigenvalue weighted by molar-refractivity contribution is 9.10. The Bertz CT molecular complexity index is 697. The van der Waals surface area contributed by atoms with Crippen LogP contribution in [0.1, 0.15) is 30.9 Å². The van der Waals surface area contributed by atoms with E-state index in [4.69, 9.17) is 14.6 Å². The van der Waals surface area contributed by atoms with Crippen LogP contribution in [0.3, 0.4) is 0 Å². The maximum Gasteiger partial charge on any atom is 0.162 e. The smallest absolute Gasteiger partial charge is 0.162 e. The van der Waals surface area contributed by atoms with Crippen molar-refractivity contribution in [3.63, 3.8) is 0 Å². The van der Waals surface area contributed by atoms with Crippen molar-refractivity contribution in [3.05, 3.63) is 57.8 Å². The van der Waals surface area contributed by atoms with E-state index in [2.05, 4.69) is 21.2 Å². The summed E-state index contributed by atoms with van der Waals surface area (Å²) in [6.07, 6.45) is 1.72. The Morgan fingerprint density at radius 3 is 2.58 bits per heavy atom. The lowest BCUT2D eigenvalue weighted by atomic mass is 10.2. The molecule has 4 nitrogen and oxygen atoms in total. The van der Waals surface area contributed by atoms with Gasteiger partial charge in [0.05, 0.1) is 6.61 Å². The van der Waals surface area contributed by atoms with Crippen molar-refractivity contribution in [3.8, 4) is 11.5 Å². The second-order valence-electron chi connectivity index (χ2n) is 5.81.